The van der Waals surface area contributed by atoms with Crippen LogP contribution in [0.2, 0.25) is 0 Å². The van der Waals surface area contributed by atoms with Crippen LogP contribution in [0.4, 0.5) is 5.13 Å². The number of anilines is 1. The molecular weight excluding hydrogens is 470 g/mol. The van der Waals surface area contributed by atoms with E-state index in [4.69, 9.17) is 4.74 Å². The first-order chi connectivity index (χ1) is 17.2. The predicted molar refractivity (Wildman–Crippen MR) is 143 cm³/mol. The third-order valence-corrected chi connectivity index (χ3v) is 7.39. The maximum Gasteiger partial charge on any atom is 0.306 e. The normalized spacial score (nSPS) is 18.0. The summed E-state index contributed by atoms with van der Waals surface area (Å²) in [4.78, 5) is 24.7. The number of rotatable bonds is 8. The maximum absolute atomic E-state index is 12.7. The minimum atomic E-state index is -0.416. The average Bonchev–Trinajstić information content (AvgIpc) is 3.29. The summed E-state index contributed by atoms with van der Waals surface area (Å²) in [5.41, 5.74) is 2.64. The molecule has 0 aliphatic heterocycles. The molecule has 0 bridgehead atoms. The van der Waals surface area contributed by atoms with Crippen LogP contribution in [0.5, 0.6) is 0 Å². The molecule has 0 saturated heterocycles. The fourth-order valence-corrected chi connectivity index (χ4v) is 5.49. The lowest BCUT2D eigenvalue weighted by Gasteiger charge is -2.29. The maximum atomic E-state index is 12.7. The van der Waals surface area contributed by atoms with E-state index in [9.17, 15) is 9.59 Å². The highest BCUT2D eigenvalue weighted by molar-refractivity contribution is 7.15. The Hall–Kier alpha value is -3.06. The van der Waals surface area contributed by atoms with Crippen LogP contribution in [-0.4, -0.2) is 27.7 Å². The lowest BCUT2D eigenvalue weighted by molar-refractivity contribution is -0.155. The van der Waals surface area contributed by atoms with Gasteiger partial charge in [-0.3, -0.25) is 14.9 Å². The molecule has 1 aliphatic carbocycles. The zero-order valence-corrected chi connectivity index (χ0v) is 22.1. The van der Waals surface area contributed by atoms with Crippen molar-refractivity contribution in [2.75, 3.05) is 5.32 Å². The van der Waals surface area contributed by atoms with Crippen molar-refractivity contribution in [3.8, 4) is 0 Å². The molecule has 0 radical (unpaired) electrons. The summed E-state index contributed by atoms with van der Waals surface area (Å²) >= 11 is 1.40. The van der Waals surface area contributed by atoms with Crippen LogP contribution in [0.1, 0.15) is 91.7 Å². The first-order valence-electron chi connectivity index (χ1n) is 12.7. The van der Waals surface area contributed by atoms with Crippen molar-refractivity contribution in [3.05, 3.63) is 76.3 Å². The molecule has 1 heterocycles. The van der Waals surface area contributed by atoms with Crippen molar-refractivity contribution < 1.29 is 14.3 Å². The summed E-state index contributed by atoms with van der Waals surface area (Å²) in [5.74, 6) is 0.815. The van der Waals surface area contributed by atoms with E-state index in [1.165, 1.54) is 22.5 Å². The highest BCUT2D eigenvalue weighted by atomic mass is 32.1. The predicted octanol–water partition coefficient (Wildman–Crippen LogP) is 6.78. The van der Waals surface area contributed by atoms with Gasteiger partial charge < -0.3 is 4.74 Å². The zero-order chi connectivity index (χ0) is 25.5. The van der Waals surface area contributed by atoms with E-state index in [1.54, 1.807) is 0 Å². The van der Waals surface area contributed by atoms with Crippen molar-refractivity contribution in [1.82, 2.24) is 10.2 Å². The number of carbonyl (C=O) groups is 2. The molecular formula is C29H35N3O3S. The number of esters is 1. The number of hydrogen-bond donors (Lipinski definition) is 1. The Bertz CT molecular complexity index is 1140. The number of nitrogens with one attached hydrogen (secondary N) is 1. The SMILES string of the molecule is CC(C)(C)OC(=O)CCC1CCC(c2ccc(C(=O)Nc3nnc(Cc4ccccc4)s3)cc2)CC1. The molecule has 0 spiro atoms. The lowest BCUT2D eigenvalue weighted by atomic mass is 9.77. The van der Waals surface area contributed by atoms with Gasteiger partial charge in [-0.2, -0.15) is 0 Å². The van der Waals surface area contributed by atoms with E-state index in [1.807, 2.05) is 51.1 Å². The molecule has 36 heavy (non-hydrogen) atoms. The van der Waals surface area contributed by atoms with E-state index in [-0.39, 0.29) is 11.9 Å². The van der Waals surface area contributed by atoms with Crippen LogP contribution in [0, 0.1) is 5.92 Å². The molecule has 1 fully saturated rings. The Balaban J connectivity index is 1.23. The monoisotopic (exact) mass is 505 g/mol. The average molecular weight is 506 g/mol. The number of amides is 1. The fraction of sp³-hybridized carbons (Fsp3) is 0.448. The second kappa shape index (κ2) is 11.8. The van der Waals surface area contributed by atoms with Gasteiger partial charge in [0.1, 0.15) is 10.6 Å². The molecule has 7 heteroatoms. The number of aromatic nitrogens is 2. The number of carbonyl (C=O) groups excluding carboxylic acids is 2. The van der Waals surface area contributed by atoms with Crippen molar-refractivity contribution in [1.29, 1.82) is 0 Å². The minimum Gasteiger partial charge on any atom is -0.460 e. The lowest BCUT2D eigenvalue weighted by Crippen LogP contribution is -2.24. The zero-order valence-electron chi connectivity index (χ0n) is 21.3. The molecule has 1 aliphatic rings. The standard InChI is InChI=1S/C29H35N3O3S/c1-29(2,3)35-26(33)18-11-20-9-12-22(13-10-20)23-14-16-24(17-15-23)27(34)30-28-32-31-25(36-28)19-21-7-5-4-6-8-21/h4-8,14-17,20,22H,9-13,18-19H2,1-3H3,(H,30,32,34). The minimum absolute atomic E-state index is 0.0977. The number of hydrogen-bond acceptors (Lipinski definition) is 6. The topological polar surface area (TPSA) is 81.2 Å². The van der Waals surface area contributed by atoms with Crippen LogP contribution < -0.4 is 5.32 Å². The highest BCUT2D eigenvalue weighted by Gasteiger charge is 2.24. The Morgan fingerprint density at radius 2 is 1.67 bits per heavy atom. The van der Waals surface area contributed by atoms with Crippen LogP contribution in [-0.2, 0) is 16.0 Å². The quantitative estimate of drug-likeness (QED) is 0.341. The van der Waals surface area contributed by atoms with Crippen LogP contribution in [0.15, 0.2) is 54.6 Å². The molecule has 190 valence electrons. The first-order valence-corrected chi connectivity index (χ1v) is 13.6. The highest BCUT2D eigenvalue weighted by Crippen LogP contribution is 2.37. The van der Waals surface area contributed by atoms with Gasteiger partial charge >= 0.3 is 5.97 Å². The summed E-state index contributed by atoms with van der Waals surface area (Å²) in [6.07, 6.45) is 6.57. The van der Waals surface area contributed by atoms with Gasteiger partial charge in [0.15, 0.2) is 0 Å². The third kappa shape index (κ3) is 7.72. The Morgan fingerprint density at radius 1 is 0.972 bits per heavy atom. The molecule has 4 rings (SSSR count). The summed E-state index contributed by atoms with van der Waals surface area (Å²) < 4.78 is 5.43. The van der Waals surface area contributed by atoms with Gasteiger partial charge in [0.2, 0.25) is 5.13 Å². The van der Waals surface area contributed by atoms with E-state index in [0.29, 0.717) is 35.4 Å². The molecule has 2 aromatic carbocycles. The third-order valence-electron chi connectivity index (χ3n) is 6.55. The molecule has 0 unspecified atom stereocenters. The van der Waals surface area contributed by atoms with E-state index >= 15 is 0 Å². The largest absolute Gasteiger partial charge is 0.460 e. The van der Waals surface area contributed by atoms with E-state index in [0.717, 1.165) is 37.1 Å². The van der Waals surface area contributed by atoms with E-state index < -0.39 is 5.60 Å². The van der Waals surface area contributed by atoms with Gasteiger partial charge in [0, 0.05) is 18.4 Å². The van der Waals surface area contributed by atoms with Crippen molar-refractivity contribution in [2.45, 2.75) is 77.2 Å². The molecule has 3 aromatic rings. The van der Waals surface area contributed by atoms with Crippen molar-refractivity contribution in [3.63, 3.8) is 0 Å². The molecule has 6 nitrogen and oxygen atoms in total. The Labute approximate surface area is 217 Å². The summed E-state index contributed by atoms with van der Waals surface area (Å²) in [6.45, 7) is 5.72. The van der Waals surface area contributed by atoms with Crippen molar-refractivity contribution >= 4 is 28.3 Å². The van der Waals surface area contributed by atoms with Gasteiger partial charge in [-0.15, -0.1) is 10.2 Å². The molecule has 1 aromatic heterocycles. The smallest absolute Gasteiger partial charge is 0.306 e. The molecule has 1 saturated carbocycles. The van der Waals surface area contributed by atoms with Crippen LogP contribution in [0.3, 0.4) is 0 Å². The van der Waals surface area contributed by atoms with Gasteiger partial charge in [-0.25, -0.2) is 0 Å². The van der Waals surface area contributed by atoms with Gasteiger partial charge in [-0.05, 0) is 88.0 Å². The Morgan fingerprint density at radius 3 is 2.33 bits per heavy atom. The van der Waals surface area contributed by atoms with Crippen LogP contribution in [0.25, 0.3) is 0 Å². The van der Waals surface area contributed by atoms with Gasteiger partial charge in [-0.1, -0.05) is 53.8 Å². The van der Waals surface area contributed by atoms with Gasteiger partial charge in [0.05, 0.1) is 0 Å². The number of ether oxygens (including phenoxy) is 1. The summed E-state index contributed by atoms with van der Waals surface area (Å²) in [7, 11) is 0. The van der Waals surface area contributed by atoms with E-state index in [2.05, 4.69) is 39.8 Å². The number of benzene rings is 2. The summed E-state index contributed by atoms with van der Waals surface area (Å²) in [5, 5.41) is 12.6. The van der Waals surface area contributed by atoms with Gasteiger partial charge in [0.25, 0.3) is 5.91 Å². The molecule has 1 N–H and O–H groups in total. The second-order valence-corrected chi connectivity index (χ2v) is 11.6. The number of nitrogens with zero attached hydrogens (tertiary/aromatic N) is 2. The second-order valence-electron chi connectivity index (χ2n) is 10.6. The molecule has 1 amide bonds. The molecule has 0 atom stereocenters. The Kier molecular flexibility index (Phi) is 8.52. The van der Waals surface area contributed by atoms with Crippen LogP contribution >= 0.6 is 11.3 Å². The fourth-order valence-electron chi connectivity index (χ4n) is 4.72. The summed E-state index contributed by atoms with van der Waals surface area (Å²) in [6, 6.07) is 18.0. The first kappa shape index (κ1) is 26.0. The van der Waals surface area contributed by atoms with Crippen molar-refractivity contribution in [2.24, 2.45) is 5.92 Å².